The Labute approximate surface area is 170 Å². The van der Waals surface area contributed by atoms with Crippen molar-refractivity contribution in [3.8, 4) is 0 Å². The van der Waals surface area contributed by atoms with Crippen molar-refractivity contribution in [2.24, 2.45) is 5.92 Å². The fourth-order valence-electron chi connectivity index (χ4n) is 3.41. The lowest BCUT2D eigenvalue weighted by molar-refractivity contribution is -0.117. The number of anilines is 1. The van der Waals surface area contributed by atoms with Crippen molar-refractivity contribution in [1.82, 2.24) is 5.32 Å². The SMILES string of the molecule is COCc1ccccc1CNC(=O)c1cc2ccccc2cc1NC(=O)C1CC1. The van der Waals surface area contributed by atoms with E-state index in [1.807, 2.05) is 60.7 Å². The van der Waals surface area contributed by atoms with Gasteiger partial charge in [-0.15, -0.1) is 0 Å². The molecule has 29 heavy (non-hydrogen) atoms. The molecule has 0 saturated heterocycles. The minimum Gasteiger partial charge on any atom is -0.380 e. The summed E-state index contributed by atoms with van der Waals surface area (Å²) < 4.78 is 5.24. The van der Waals surface area contributed by atoms with Gasteiger partial charge in [-0.1, -0.05) is 48.5 Å². The molecule has 1 aliphatic carbocycles. The van der Waals surface area contributed by atoms with Crippen LogP contribution < -0.4 is 10.6 Å². The van der Waals surface area contributed by atoms with E-state index in [-0.39, 0.29) is 17.7 Å². The van der Waals surface area contributed by atoms with Gasteiger partial charge in [-0.25, -0.2) is 0 Å². The number of nitrogens with one attached hydrogen (secondary N) is 2. The highest BCUT2D eigenvalue weighted by Gasteiger charge is 2.30. The predicted molar refractivity (Wildman–Crippen MR) is 114 cm³/mol. The molecule has 0 atom stereocenters. The number of carbonyl (C=O) groups is 2. The molecule has 2 amide bonds. The van der Waals surface area contributed by atoms with Crippen LogP contribution in [0.25, 0.3) is 10.8 Å². The van der Waals surface area contributed by atoms with E-state index in [9.17, 15) is 9.59 Å². The lowest BCUT2D eigenvalue weighted by Gasteiger charge is -2.14. The number of methoxy groups -OCH3 is 1. The number of hydrogen-bond donors (Lipinski definition) is 2. The van der Waals surface area contributed by atoms with E-state index in [1.54, 1.807) is 7.11 Å². The maximum absolute atomic E-state index is 13.0. The Morgan fingerprint density at radius 1 is 0.966 bits per heavy atom. The fraction of sp³-hybridized carbons (Fsp3) is 0.250. The molecule has 2 N–H and O–H groups in total. The highest BCUT2D eigenvalue weighted by Crippen LogP contribution is 2.32. The van der Waals surface area contributed by atoms with Crippen molar-refractivity contribution in [3.63, 3.8) is 0 Å². The molecule has 0 spiro atoms. The number of benzene rings is 3. The minimum atomic E-state index is -0.214. The van der Waals surface area contributed by atoms with Crippen LogP contribution >= 0.6 is 0 Å². The van der Waals surface area contributed by atoms with E-state index >= 15 is 0 Å². The monoisotopic (exact) mass is 388 g/mol. The second-order valence-corrected chi connectivity index (χ2v) is 7.39. The van der Waals surface area contributed by atoms with Crippen molar-refractivity contribution < 1.29 is 14.3 Å². The second kappa shape index (κ2) is 8.45. The summed E-state index contributed by atoms with van der Waals surface area (Å²) in [6, 6.07) is 19.4. The van der Waals surface area contributed by atoms with Crippen molar-refractivity contribution in [2.75, 3.05) is 12.4 Å². The van der Waals surface area contributed by atoms with E-state index in [2.05, 4.69) is 10.6 Å². The third kappa shape index (κ3) is 4.46. The smallest absolute Gasteiger partial charge is 0.253 e. The number of amides is 2. The lowest BCUT2D eigenvalue weighted by atomic mass is 10.0. The van der Waals surface area contributed by atoms with Crippen LogP contribution in [0.15, 0.2) is 60.7 Å². The maximum atomic E-state index is 13.0. The summed E-state index contributed by atoms with van der Waals surface area (Å²) >= 11 is 0. The zero-order valence-electron chi connectivity index (χ0n) is 16.4. The Hall–Kier alpha value is -3.18. The Balaban J connectivity index is 1.59. The normalized spacial score (nSPS) is 13.3. The van der Waals surface area contributed by atoms with E-state index < -0.39 is 0 Å². The third-order valence-electron chi connectivity index (χ3n) is 5.19. The summed E-state index contributed by atoms with van der Waals surface area (Å²) in [4.78, 5) is 25.3. The van der Waals surface area contributed by atoms with E-state index in [4.69, 9.17) is 4.74 Å². The molecular formula is C24H24N2O3. The fourth-order valence-corrected chi connectivity index (χ4v) is 3.41. The van der Waals surface area contributed by atoms with Gasteiger partial charge in [-0.3, -0.25) is 9.59 Å². The number of fused-ring (bicyclic) bond motifs is 1. The molecule has 0 aromatic heterocycles. The molecule has 1 aliphatic rings. The Kier molecular flexibility index (Phi) is 5.58. The molecule has 148 valence electrons. The predicted octanol–water partition coefficient (Wildman–Crippen LogP) is 4.26. The quantitative estimate of drug-likeness (QED) is 0.635. The molecule has 0 unspecified atom stereocenters. The Morgan fingerprint density at radius 2 is 1.62 bits per heavy atom. The van der Waals surface area contributed by atoms with Gasteiger partial charge in [0, 0.05) is 19.6 Å². The van der Waals surface area contributed by atoms with Crippen LogP contribution in [0, 0.1) is 5.92 Å². The third-order valence-corrected chi connectivity index (χ3v) is 5.19. The van der Waals surface area contributed by atoms with Crippen LogP contribution in [0.5, 0.6) is 0 Å². The van der Waals surface area contributed by atoms with E-state index in [1.165, 1.54) is 0 Å². The van der Waals surface area contributed by atoms with Gasteiger partial charge < -0.3 is 15.4 Å². The molecular weight excluding hydrogens is 364 g/mol. The topological polar surface area (TPSA) is 67.4 Å². The molecule has 0 radical (unpaired) electrons. The average Bonchev–Trinajstić information content (AvgIpc) is 3.58. The highest BCUT2D eigenvalue weighted by molar-refractivity contribution is 6.08. The molecule has 3 aromatic carbocycles. The number of carbonyl (C=O) groups excluding carboxylic acids is 2. The first-order valence-electron chi connectivity index (χ1n) is 9.83. The van der Waals surface area contributed by atoms with Crippen LogP contribution in [0.1, 0.15) is 34.3 Å². The van der Waals surface area contributed by atoms with Gasteiger partial charge >= 0.3 is 0 Å². The largest absolute Gasteiger partial charge is 0.380 e. The molecule has 0 heterocycles. The van der Waals surface area contributed by atoms with Crippen LogP contribution in [0.4, 0.5) is 5.69 Å². The molecule has 3 aromatic rings. The second-order valence-electron chi connectivity index (χ2n) is 7.39. The van der Waals surface area contributed by atoms with Gasteiger partial charge in [0.05, 0.1) is 17.9 Å². The van der Waals surface area contributed by atoms with Gasteiger partial charge in [0.25, 0.3) is 5.91 Å². The first-order chi connectivity index (χ1) is 14.2. The molecule has 5 nitrogen and oxygen atoms in total. The molecule has 0 bridgehead atoms. The maximum Gasteiger partial charge on any atom is 0.253 e. The number of rotatable bonds is 7. The van der Waals surface area contributed by atoms with Crippen LogP contribution in [0.3, 0.4) is 0 Å². The van der Waals surface area contributed by atoms with E-state index in [0.29, 0.717) is 24.4 Å². The zero-order valence-corrected chi connectivity index (χ0v) is 16.4. The van der Waals surface area contributed by atoms with E-state index in [0.717, 1.165) is 34.7 Å². The van der Waals surface area contributed by atoms with Crippen molar-refractivity contribution in [3.05, 3.63) is 77.4 Å². The average molecular weight is 388 g/mol. The summed E-state index contributed by atoms with van der Waals surface area (Å²) in [5, 5.41) is 7.89. The standard InChI is InChI=1S/C24H24N2O3/c1-29-15-20-9-5-4-8-19(20)14-25-24(28)21-12-17-6-2-3-7-18(17)13-22(21)26-23(27)16-10-11-16/h2-9,12-13,16H,10-11,14-15H2,1H3,(H,25,28)(H,26,27). The van der Waals surface area contributed by atoms with Crippen LogP contribution in [-0.4, -0.2) is 18.9 Å². The summed E-state index contributed by atoms with van der Waals surface area (Å²) in [6.45, 7) is 0.881. The summed E-state index contributed by atoms with van der Waals surface area (Å²) in [6.07, 6.45) is 1.83. The Morgan fingerprint density at radius 3 is 2.31 bits per heavy atom. The van der Waals surface area contributed by atoms with Crippen molar-refractivity contribution in [2.45, 2.75) is 26.0 Å². The van der Waals surface area contributed by atoms with Gasteiger partial charge in [-0.2, -0.15) is 0 Å². The van der Waals surface area contributed by atoms with Crippen molar-refractivity contribution >= 4 is 28.3 Å². The van der Waals surface area contributed by atoms with Gasteiger partial charge in [0.2, 0.25) is 5.91 Å². The van der Waals surface area contributed by atoms with Gasteiger partial charge in [-0.05, 0) is 46.9 Å². The molecule has 0 aliphatic heterocycles. The zero-order chi connectivity index (χ0) is 20.2. The molecule has 1 fully saturated rings. The number of hydrogen-bond acceptors (Lipinski definition) is 3. The summed E-state index contributed by atoms with van der Waals surface area (Å²) in [5.74, 6) is -0.160. The first-order valence-corrected chi connectivity index (χ1v) is 9.83. The van der Waals surface area contributed by atoms with Gasteiger partial charge in [0.1, 0.15) is 0 Å². The molecule has 4 rings (SSSR count). The lowest BCUT2D eigenvalue weighted by Crippen LogP contribution is -2.25. The van der Waals surface area contributed by atoms with Crippen molar-refractivity contribution in [1.29, 1.82) is 0 Å². The number of ether oxygens (including phenoxy) is 1. The van der Waals surface area contributed by atoms with Crippen LogP contribution in [-0.2, 0) is 22.7 Å². The summed E-state index contributed by atoms with van der Waals surface area (Å²) in [7, 11) is 1.65. The minimum absolute atomic E-state index is 0.0141. The first kappa shape index (κ1) is 19.2. The Bertz CT molecular complexity index is 1060. The molecule has 5 heteroatoms. The van der Waals surface area contributed by atoms with Crippen LogP contribution in [0.2, 0.25) is 0 Å². The summed E-state index contributed by atoms with van der Waals surface area (Å²) in [5.41, 5.74) is 3.08. The highest BCUT2D eigenvalue weighted by atomic mass is 16.5. The molecule has 1 saturated carbocycles. The van der Waals surface area contributed by atoms with Gasteiger partial charge in [0.15, 0.2) is 0 Å².